The van der Waals surface area contributed by atoms with Gasteiger partial charge in [0.2, 0.25) is 5.91 Å². The molecule has 0 aliphatic heterocycles. The minimum atomic E-state index is -0.679. The SMILES string of the molecule is Cc1ccc(C)c(OC(C)C(=O)Nc2cccc(C(N)=O)c2C)c1. The Morgan fingerprint density at radius 3 is 2.50 bits per heavy atom. The van der Waals surface area contributed by atoms with Crippen LogP contribution in [0.4, 0.5) is 5.69 Å². The Morgan fingerprint density at radius 1 is 1.12 bits per heavy atom. The zero-order chi connectivity index (χ0) is 17.9. The molecular weight excluding hydrogens is 304 g/mol. The predicted octanol–water partition coefficient (Wildman–Crippen LogP) is 3.12. The first-order valence-electron chi connectivity index (χ1n) is 7.73. The summed E-state index contributed by atoms with van der Waals surface area (Å²) in [5, 5.41) is 2.79. The van der Waals surface area contributed by atoms with Crippen LogP contribution in [-0.2, 0) is 4.79 Å². The van der Waals surface area contributed by atoms with Crippen LogP contribution in [-0.4, -0.2) is 17.9 Å². The van der Waals surface area contributed by atoms with Crippen LogP contribution in [0.15, 0.2) is 36.4 Å². The van der Waals surface area contributed by atoms with Gasteiger partial charge in [0.1, 0.15) is 5.75 Å². The van der Waals surface area contributed by atoms with E-state index in [1.54, 1.807) is 32.0 Å². The van der Waals surface area contributed by atoms with E-state index in [4.69, 9.17) is 10.5 Å². The van der Waals surface area contributed by atoms with Crippen molar-refractivity contribution in [1.29, 1.82) is 0 Å². The van der Waals surface area contributed by atoms with Crippen molar-refractivity contribution in [2.24, 2.45) is 5.73 Å². The molecule has 2 amide bonds. The number of aryl methyl sites for hydroxylation is 2. The molecule has 0 aromatic heterocycles. The Morgan fingerprint density at radius 2 is 1.83 bits per heavy atom. The van der Waals surface area contributed by atoms with Gasteiger partial charge in [0.25, 0.3) is 5.91 Å². The Balaban J connectivity index is 2.14. The van der Waals surface area contributed by atoms with E-state index in [9.17, 15) is 9.59 Å². The summed E-state index contributed by atoms with van der Waals surface area (Å²) in [6.07, 6.45) is -0.679. The Labute approximate surface area is 141 Å². The minimum Gasteiger partial charge on any atom is -0.481 e. The van der Waals surface area contributed by atoms with Gasteiger partial charge in [-0.25, -0.2) is 0 Å². The topological polar surface area (TPSA) is 81.4 Å². The second-order valence-electron chi connectivity index (χ2n) is 5.86. The third-order valence-corrected chi connectivity index (χ3v) is 3.87. The molecule has 1 atom stereocenters. The smallest absolute Gasteiger partial charge is 0.265 e. The average molecular weight is 326 g/mol. The first-order chi connectivity index (χ1) is 11.3. The number of benzene rings is 2. The predicted molar refractivity (Wildman–Crippen MR) is 94.3 cm³/mol. The molecule has 0 saturated carbocycles. The third-order valence-electron chi connectivity index (χ3n) is 3.87. The monoisotopic (exact) mass is 326 g/mol. The molecule has 5 nitrogen and oxygen atoms in total. The summed E-state index contributed by atoms with van der Waals surface area (Å²) in [7, 11) is 0. The van der Waals surface area contributed by atoms with Crippen molar-refractivity contribution in [2.45, 2.75) is 33.8 Å². The summed E-state index contributed by atoms with van der Waals surface area (Å²) in [6, 6.07) is 10.9. The molecule has 0 heterocycles. The van der Waals surface area contributed by atoms with Gasteiger partial charge in [0, 0.05) is 11.3 Å². The molecule has 5 heteroatoms. The molecule has 2 rings (SSSR count). The second kappa shape index (κ2) is 7.17. The van der Waals surface area contributed by atoms with Crippen LogP contribution in [0.25, 0.3) is 0 Å². The molecule has 126 valence electrons. The zero-order valence-corrected chi connectivity index (χ0v) is 14.3. The Kier molecular flexibility index (Phi) is 5.24. The van der Waals surface area contributed by atoms with E-state index in [0.717, 1.165) is 11.1 Å². The lowest BCUT2D eigenvalue weighted by atomic mass is 10.1. The molecule has 2 aromatic rings. The van der Waals surface area contributed by atoms with Gasteiger partial charge in [-0.3, -0.25) is 9.59 Å². The fraction of sp³-hybridized carbons (Fsp3) is 0.263. The Hall–Kier alpha value is -2.82. The number of rotatable bonds is 5. The van der Waals surface area contributed by atoms with Gasteiger partial charge in [-0.15, -0.1) is 0 Å². The van der Waals surface area contributed by atoms with E-state index in [1.807, 2.05) is 32.0 Å². The highest BCUT2D eigenvalue weighted by molar-refractivity contribution is 5.99. The molecule has 2 aromatic carbocycles. The van der Waals surface area contributed by atoms with Crippen molar-refractivity contribution in [3.05, 3.63) is 58.7 Å². The summed E-state index contributed by atoms with van der Waals surface area (Å²) in [5.41, 5.74) is 8.93. The fourth-order valence-corrected chi connectivity index (χ4v) is 2.35. The van der Waals surface area contributed by atoms with Crippen molar-refractivity contribution < 1.29 is 14.3 Å². The zero-order valence-electron chi connectivity index (χ0n) is 14.3. The molecule has 1 unspecified atom stereocenters. The largest absolute Gasteiger partial charge is 0.481 e. The lowest BCUT2D eigenvalue weighted by molar-refractivity contribution is -0.122. The van der Waals surface area contributed by atoms with Crippen molar-refractivity contribution in [3.63, 3.8) is 0 Å². The highest BCUT2D eigenvalue weighted by atomic mass is 16.5. The van der Waals surface area contributed by atoms with Crippen LogP contribution in [0.5, 0.6) is 5.75 Å². The molecule has 0 spiro atoms. The van der Waals surface area contributed by atoms with Gasteiger partial charge in [0.05, 0.1) is 0 Å². The standard InChI is InChI=1S/C19H22N2O3/c1-11-8-9-12(2)17(10-11)24-14(4)19(23)21-16-7-5-6-15(13(16)3)18(20)22/h5-10,14H,1-4H3,(H2,20,22)(H,21,23). The van der Waals surface area contributed by atoms with E-state index in [0.29, 0.717) is 22.6 Å². The molecule has 0 fully saturated rings. The molecule has 0 radical (unpaired) electrons. The second-order valence-corrected chi connectivity index (χ2v) is 5.86. The Bertz CT molecular complexity index is 784. The van der Waals surface area contributed by atoms with E-state index < -0.39 is 12.0 Å². The van der Waals surface area contributed by atoms with Crippen molar-refractivity contribution >= 4 is 17.5 Å². The summed E-state index contributed by atoms with van der Waals surface area (Å²) in [4.78, 5) is 23.8. The molecule has 3 N–H and O–H groups in total. The highest BCUT2D eigenvalue weighted by Crippen LogP contribution is 2.22. The van der Waals surface area contributed by atoms with Gasteiger partial charge in [-0.2, -0.15) is 0 Å². The molecule has 24 heavy (non-hydrogen) atoms. The van der Waals surface area contributed by atoms with Gasteiger partial charge in [0.15, 0.2) is 6.10 Å². The highest BCUT2D eigenvalue weighted by Gasteiger charge is 2.18. The van der Waals surface area contributed by atoms with E-state index >= 15 is 0 Å². The average Bonchev–Trinajstić information content (AvgIpc) is 2.52. The number of carbonyl (C=O) groups excluding carboxylic acids is 2. The normalized spacial score (nSPS) is 11.7. The summed E-state index contributed by atoms with van der Waals surface area (Å²) < 4.78 is 5.77. The maximum Gasteiger partial charge on any atom is 0.265 e. The number of nitrogens with one attached hydrogen (secondary N) is 1. The maximum absolute atomic E-state index is 12.4. The van der Waals surface area contributed by atoms with Crippen LogP contribution in [0.2, 0.25) is 0 Å². The number of primary amides is 1. The van der Waals surface area contributed by atoms with E-state index in [1.165, 1.54) is 0 Å². The first kappa shape index (κ1) is 17.5. The van der Waals surface area contributed by atoms with Crippen molar-refractivity contribution in [3.8, 4) is 5.75 Å². The van der Waals surface area contributed by atoms with Crippen LogP contribution < -0.4 is 15.8 Å². The van der Waals surface area contributed by atoms with E-state index in [-0.39, 0.29) is 5.91 Å². The van der Waals surface area contributed by atoms with Gasteiger partial charge < -0.3 is 15.8 Å². The maximum atomic E-state index is 12.4. The summed E-state index contributed by atoms with van der Waals surface area (Å²) in [6.45, 7) is 7.33. The summed E-state index contributed by atoms with van der Waals surface area (Å²) in [5.74, 6) is -0.135. The number of anilines is 1. The fourth-order valence-electron chi connectivity index (χ4n) is 2.35. The van der Waals surface area contributed by atoms with E-state index in [2.05, 4.69) is 5.32 Å². The lowest BCUT2D eigenvalue weighted by Crippen LogP contribution is -2.30. The quantitative estimate of drug-likeness (QED) is 0.886. The molecule has 0 bridgehead atoms. The van der Waals surface area contributed by atoms with Gasteiger partial charge >= 0.3 is 0 Å². The first-order valence-corrected chi connectivity index (χ1v) is 7.73. The van der Waals surface area contributed by atoms with Crippen LogP contribution >= 0.6 is 0 Å². The van der Waals surface area contributed by atoms with Gasteiger partial charge in [-0.05, 0) is 62.6 Å². The number of hydrogen-bond acceptors (Lipinski definition) is 3. The number of nitrogens with two attached hydrogens (primary N) is 1. The van der Waals surface area contributed by atoms with Gasteiger partial charge in [-0.1, -0.05) is 18.2 Å². The lowest BCUT2D eigenvalue weighted by Gasteiger charge is -2.18. The van der Waals surface area contributed by atoms with Crippen LogP contribution in [0.3, 0.4) is 0 Å². The molecule has 0 saturated heterocycles. The molecule has 0 aliphatic carbocycles. The number of ether oxygens (including phenoxy) is 1. The minimum absolute atomic E-state index is 0.291. The number of carbonyl (C=O) groups is 2. The van der Waals surface area contributed by atoms with Crippen LogP contribution in [0.1, 0.15) is 34.0 Å². The van der Waals surface area contributed by atoms with Crippen LogP contribution in [0, 0.1) is 20.8 Å². The van der Waals surface area contributed by atoms with Crippen molar-refractivity contribution in [2.75, 3.05) is 5.32 Å². The third kappa shape index (κ3) is 3.93. The number of hydrogen-bond donors (Lipinski definition) is 2. The van der Waals surface area contributed by atoms with Crippen molar-refractivity contribution in [1.82, 2.24) is 0 Å². The number of amides is 2. The molecule has 0 aliphatic rings. The summed E-state index contributed by atoms with van der Waals surface area (Å²) >= 11 is 0. The molecular formula is C19H22N2O3.